The summed E-state index contributed by atoms with van der Waals surface area (Å²) in [5, 5.41) is 5.94. The largest absolute Gasteiger partial charge is 0.385 e. The zero-order valence-electron chi connectivity index (χ0n) is 11.3. The molecule has 0 aliphatic carbocycles. The van der Waals surface area contributed by atoms with Crippen molar-refractivity contribution in [3.05, 3.63) is 59.1 Å². The molecule has 0 saturated carbocycles. The summed E-state index contributed by atoms with van der Waals surface area (Å²) in [4.78, 5) is 4.32. The van der Waals surface area contributed by atoms with E-state index in [1.165, 1.54) is 10.8 Å². The number of imidazole rings is 1. The molecule has 3 nitrogen and oxygen atoms in total. The molecule has 0 atom stereocenters. The number of benzene rings is 2. The topological polar surface area (TPSA) is 29.9 Å². The molecule has 1 N–H and O–H groups in total. The maximum atomic E-state index is 4.32. The third-order valence-electron chi connectivity index (χ3n) is 3.40. The lowest BCUT2D eigenvalue weighted by atomic mass is 10.1. The van der Waals surface area contributed by atoms with E-state index in [9.17, 15) is 0 Å². The summed E-state index contributed by atoms with van der Waals surface area (Å²) in [5.41, 5.74) is 1.15. The van der Waals surface area contributed by atoms with E-state index in [1.54, 1.807) is 0 Å². The molecule has 0 radical (unpaired) electrons. The van der Waals surface area contributed by atoms with Gasteiger partial charge in [0.05, 0.1) is 0 Å². The van der Waals surface area contributed by atoms with E-state index < -0.39 is 0 Å². The molecule has 0 saturated heterocycles. The van der Waals surface area contributed by atoms with Crippen molar-refractivity contribution in [1.29, 1.82) is 0 Å². The molecule has 3 rings (SSSR count). The lowest BCUT2D eigenvalue weighted by molar-refractivity contribution is 0.790. The lowest BCUT2D eigenvalue weighted by Gasteiger charge is -2.08. The monoisotopic (exact) mass is 329 g/mol. The first-order valence-electron chi connectivity index (χ1n) is 6.62. The normalized spacial score (nSPS) is 10.9. The number of halogens is 1. The lowest BCUT2D eigenvalue weighted by Crippen LogP contribution is -2.08. The van der Waals surface area contributed by atoms with Crippen molar-refractivity contribution in [1.82, 2.24) is 9.55 Å². The Morgan fingerprint density at radius 2 is 1.95 bits per heavy atom. The van der Waals surface area contributed by atoms with Crippen LogP contribution in [0.2, 0.25) is 0 Å². The number of fused-ring (bicyclic) bond motifs is 1. The minimum absolute atomic E-state index is 0.882. The fraction of sp³-hybridized carbons (Fsp3) is 0.188. The highest BCUT2D eigenvalue weighted by Gasteiger charge is 2.00. The van der Waals surface area contributed by atoms with Gasteiger partial charge in [0.1, 0.15) is 5.82 Å². The van der Waals surface area contributed by atoms with Gasteiger partial charge in [-0.05, 0) is 35.0 Å². The molecule has 4 heteroatoms. The van der Waals surface area contributed by atoms with Crippen LogP contribution in [0.4, 0.5) is 5.69 Å². The summed E-state index contributed by atoms with van der Waals surface area (Å²) in [7, 11) is 2.02. The minimum atomic E-state index is 0.882. The van der Waals surface area contributed by atoms with Gasteiger partial charge < -0.3 is 9.88 Å². The number of aromatic nitrogens is 2. The van der Waals surface area contributed by atoms with Gasteiger partial charge in [-0.1, -0.05) is 28.1 Å². The van der Waals surface area contributed by atoms with Crippen molar-refractivity contribution in [2.24, 2.45) is 7.05 Å². The number of hydrogen-bond acceptors (Lipinski definition) is 2. The van der Waals surface area contributed by atoms with Crippen LogP contribution in [-0.2, 0) is 13.5 Å². The predicted octanol–water partition coefficient (Wildman–Crippen LogP) is 3.99. The van der Waals surface area contributed by atoms with Crippen LogP contribution in [0.15, 0.2) is 53.3 Å². The van der Waals surface area contributed by atoms with Crippen LogP contribution < -0.4 is 5.32 Å². The molecule has 1 aromatic heterocycles. The van der Waals surface area contributed by atoms with Gasteiger partial charge in [0.2, 0.25) is 0 Å². The maximum absolute atomic E-state index is 4.32. The highest BCUT2D eigenvalue weighted by Crippen LogP contribution is 2.22. The van der Waals surface area contributed by atoms with Crippen LogP contribution in [0, 0.1) is 0 Å². The summed E-state index contributed by atoms with van der Waals surface area (Å²) in [6.07, 6.45) is 4.73. The second-order valence-corrected chi connectivity index (χ2v) is 5.75. The van der Waals surface area contributed by atoms with Gasteiger partial charge in [-0.3, -0.25) is 0 Å². The van der Waals surface area contributed by atoms with Crippen molar-refractivity contribution in [2.75, 3.05) is 11.9 Å². The van der Waals surface area contributed by atoms with Gasteiger partial charge in [-0.15, -0.1) is 0 Å². The maximum Gasteiger partial charge on any atom is 0.110 e. The number of aryl methyl sites for hydroxylation is 1. The van der Waals surface area contributed by atoms with Gasteiger partial charge in [0.15, 0.2) is 0 Å². The van der Waals surface area contributed by atoms with Crippen molar-refractivity contribution >= 4 is 32.4 Å². The Morgan fingerprint density at radius 1 is 1.15 bits per heavy atom. The second-order valence-electron chi connectivity index (χ2n) is 4.84. The molecule has 0 spiro atoms. The SMILES string of the molecule is Cn1ccnc1CCNc1ccc2cc(Br)ccc2c1. The van der Waals surface area contributed by atoms with E-state index in [0.717, 1.165) is 29.0 Å². The first-order valence-corrected chi connectivity index (χ1v) is 7.41. The third kappa shape index (κ3) is 2.85. The molecule has 2 aromatic carbocycles. The van der Waals surface area contributed by atoms with Crippen molar-refractivity contribution in [3.8, 4) is 0 Å². The fourth-order valence-electron chi connectivity index (χ4n) is 2.28. The van der Waals surface area contributed by atoms with Crippen molar-refractivity contribution < 1.29 is 0 Å². The Hall–Kier alpha value is -1.81. The highest BCUT2D eigenvalue weighted by atomic mass is 79.9. The van der Waals surface area contributed by atoms with Crippen LogP contribution >= 0.6 is 15.9 Å². The molecule has 3 aromatic rings. The van der Waals surface area contributed by atoms with Gasteiger partial charge >= 0.3 is 0 Å². The van der Waals surface area contributed by atoms with E-state index in [0.29, 0.717) is 0 Å². The standard InChI is InChI=1S/C16H16BrN3/c1-20-9-8-19-16(20)6-7-18-15-5-3-12-10-14(17)4-2-13(12)11-15/h2-5,8-11,18H,6-7H2,1H3. The molecule has 20 heavy (non-hydrogen) atoms. The molecular formula is C16H16BrN3. The summed E-state index contributed by atoms with van der Waals surface area (Å²) < 4.78 is 3.17. The average Bonchev–Trinajstić information content (AvgIpc) is 2.85. The van der Waals surface area contributed by atoms with E-state index in [1.807, 2.05) is 19.4 Å². The average molecular weight is 330 g/mol. The van der Waals surface area contributed by atoms with Crippen LogP contribution in [0.5, 0.6) is 0 Å². The van der Waals surface area contributed by atoms with Gasteiger partial charge in [-0.25, -0.2) is 4.98 Å². The Bertz CT molecular complexity index is 733. The van der Waals surface area contributed by atoms with Gasteiger partial charge in [-0.2, -0.15) is 0 Å². The number of rotatable bonds is 4. The van der Waals surface area contributed by atoms with E-state index >= 15 is 0 Å². The highest BCUT2D eigenvalue weighted by molar-refractivity contribution is 9.10. The molecule has 102 valence electrons. The number of anilines is 1. The molecular weight excluding hydrogens is 314 g/mol. The quantitative estimate of drug-likeness (QED) is 0.784. The Labute approximate surface area is 126 Å². The number of nitrogens with one attached hydrogen (secondary N) is 1. The molecule has 0 bridgehead atoms. The van der Waals surface area contributed by atoms with Gasteiger partial charge in [0.25, 0.3) is 0 Å². The summed E-state index contributed by atoms with van der Waals surface area (Å²) >= 11 is 3.50. The molecule has 1 heterocycles. The molecule has 0 amide bonds. The Balaban J connectivity index is 1.68. The molecule has 0 aliphatic rings. The van der Waals surface area contributed by atoms with Crippen molar-refractivity contribution in [3.63, 3.8) is 0 Å². The molecule has 0 aliphatic heterocycles. The Morgan fingerprint density at radius 3 is 2.75 bits per heavy atom. The van der Waals surface area contributed by atoms with Crippen LogP contribution in [-0.4, -0.2) is 16.1 Å². The van der Waals surface area contributed by atoms with E-state index in [4.69, 9.17) is 0 Å². The fourth-order valence-corrected chi connectivity index (χ4v) is 2.66. The smallest absolute Gasteiger partial charge is 0.110 e. The van der Waals surface area contributed by atoms with Crippen molar-refractivity contribution in [2.45, 2.75) is 6.42 Å². The Kier molecular flexibility index (Phi) is 3.74. The first kappa shape index (κ1) is 13.2. The van der Waals surface area contributed by atoms with Crippen LogP contribution in [0.25, 0.3) is 10.8 Å². The molecule has 0 fully saturated rings. The summed E-state index contributed by atoms with van der Waals surface area (Å²) in [5.74, 6) is 1.10. The molecule has 0 unspecified atom stereocenters. The minimum Gasteiger partial charge on any atom is -0.385 e. The van der Waals surface area contributed by atoms with E-state index in [2.05, 4.69) is 67.2 Å². The van der Waals surface area contributed by atoms with Crippen LogP contribution in [0.3, 0.4) is 0 Å². The number of hydrogen-bond donors (Lipinski definition) is 1. The summed E-state index contributed by atoms with van der Waals surface area (Å²) in [6, 6.07) is 12.8. The third-order valence-corrected chi connectivity index (χ3v) is 3.89. The van der Waals surface area contributed by atoms with Gasteiger partial charge in [0, 0.05) is 42.6 Å². The number of nitrogens with zero attached hydrogens (tertiary/aromatic N) is 2. The second kappa shape index (κ2) is 5.67. The predicted molar refractivity (Wildman–Crippen MR) is 87.0 cm³/mol. The zero-order valence-corrected chi connectivity index (χ0v) is 12.9. The summed E-state index contributed by atoms with van der Waals surface area (Å²) in [6.45, 7) is 0.882. The zero-order chi connectivity index (χ0) is 13.9. The van der Waals surface area contributed by atoms with Crippen LogP contribution in [0.1, 0.15) is 5.82 Å². The first-order chi connectivity index (χ1) is 9.72. The van der Waals surface area contributed by atoms with E-state index in [-0.39, 0.29) is 0 Å².